The van der Waals surface area contributed by atoms with Crippen LogP contribution in [0.25, 0.3) is 0 Å². The Morgan fingerprint density at radius 3 is 1.20 bits per heavy atom. The molecule has 6 heterocycles. The molecule has 6 saturated heterocycles. The van der Waals surface area contributed by atoms with Crippen molar-refractivity contribution in [1.29, 1.82) is 0 Å². The number of carboxylic acids is 2. The molecule has 6 aliphatic heterocycles. The first-order valence-electron chi connectivity index (χ1n) is 28.7. The average Bonchev–Trinajstić information content (AvgIpc) is 0.773. The molecule has 6 aliphatic rings. The number of hydrogen-bond acceptors (Lipinski definition) is 34. The Morgan fingerprint density at radius 1 is 0.462 bits per heavy atom. The lowest BCUT2D eigenvalue weighted by atomic mass is 9.88. The molecule has 12 unspecified atom stereocenters. The molecule has 40 nitrogen and oxygen atoms in total. The van der Waals surface area contributed by atoms with E-state index in [-0.39, 0.29) is 0 Å². The van der Waals surface area contributed by atoms with Crippen LogP contribution in [0.1, 0.15) is 47.5 Å². The van der Waals surface area contributed by atoms with Gasteiger partial charge in [0.2, 0.25) is 23.6 Å². The zero-order valence-electron chi connectivity index (χ0n) is 49.4. The predicted octanol–water partition coefficient (Wildman–Crippen LogP) is -14.0. The number of aliphatic carboxylic acids is 2. The molecule has 524 valence electrons. The van der Waals surface area contributed by atoms with Crippen molar-refractivity contribution >= 4 is 35.6 Å². The Labute approximate surface area is 515 Å². The van der Waals surface area contributed by atoms with Gasteiger partial charge in [0, 0.05) is 40.5 Å². The summed E-state index contributed by atoms with van der Waals surface area (Å²) in [5.74, 6) is -13.8. The van der Waals surface area contributed by atoms with Crippen LogP contribution in [0, 0.1) is 0 Å². The van der Waals surface area contributed by atoms with Crippen LogP contribution in [0.2, 0.25) is 0 Å². The van der Waals surface area contributed by atoms with Gasteiger partial charge in [-0.15, -0.1) is 0 Å². The Bertz CT molecular complexity index is 2450. The van der Waals surface area contributed by atoms with Crippen molar-refractivity contribution in [2.45, 2.75) is 242 Å². The second-order valence-electron chi connectivity index (χ2n) is 22.9. The summed E-state index contributed by atoms with van der Waals surface area (Å²) in [5, 5.41) is 216. The van der Waals surface area contributed by atoms with Crippen molar-refractivity contribution < 1.29 is 178 Å². The van der Waals surface area contributed by atoms with Gasteiger partial charge in [-0.1, -0.05) is 0 Å². The van der Waals surface area contributed by atoms with Crippen LogP contribution in [0.3, 0.4) is 0 Å². The van der Waals surface area contributed by atoms with E-state index < -0.39 is 283 Å². The fourth-order valence-electron chi connectivity index (χ4n) is 11.7. The molecule has 40 heteroatoms. The summed E-state index contributed by atoms with van der Waals surface area (Å²) in [7, 11) is 0. The van der Waals surface area contributed by atoms with Crippen LogP contribution in [0.4, 0.5) is 0 Å². The van der Waals surface area contributed by atoms with E-state index in [4.69, 9.17) is 52.1 Å². The molecule has 32 atom stereocenters. The first-order valence-corrected chi connectivity index (χ1v) is 28.7. The SMILES string of the molecule is CC(=O)NC1[C@H](OCC2O[C@H](C)C(NC(C)=O)[C@@H](O[C@@H]3OC(CO)[C@H](O)[C@H](O[C@]4(C(=O)O)CC(O)[C@@H](NC(C)=O)C([C@H](O)[C@H](O)CO)O4)C3O)[C@H]2O)OC(CO)[C@@H](O[C@@H]2OC(CO)[C@H](O)[C@H](O[C@@]3(C(=O)O)CC(O)[C@@H](NC(C)=O)C([C@H](O)[C@H](O)CO)O3)C2O)[C@@H]1O. The van der Waals surface area contributed by atoms with E-state index in [0.717, 1.165) is 27.7 Å². The largest absolute Gasteiger partial charge is 0.477 e. The first kappa shape index (κ1) is 75.7. The summed E-state index contributed by atoms with van der Waals surface area (Å²) >= 11 is 0. The van der Waals surface area contributed by atoms with E-state index in [1.54, 1.807) is 0 Å². The summed E-state index contributed by atoms with van der Waals surface area (Å²) in [6.45, 7) is -1.09. The highest BCUT2D eigenvalue weighted by Crippen LogP contribution is 2.41. The summed E-state index contributed by atoms with van der Waals surface area (Å²) in [4.78, 5) is 75.7. The number of rotatable bonds is 26. The molecular formula is C51H84N4O36. The highest BCUT2D eigenvalue weighted by atomic mass is 16.8. The third-order valence-corrected chi connectivity index (χ3v) is 16.2. The lowest BCUT2D eigenvalue weighted by Gasteiger charge is -2.51. The lowest BCUT2D eigenvalue weighted by Crippen LogP contribution is -2.71. The van der Waals surface area contributed by atoms with Crippen molar-refractivity contribution in [3.8, 4) is 0 Å². The highest BCUT2D eigenvalue weighted by Gasteiger charge is 2.63. The fraction of sp³-hybridized carbons (Fsp3) is 0.882. The van der Waals surface area contributed by atoms with Gasteiger partial charge in [-0.25, -0.2) is 9.59 Å². The molecule has 0 aromatic heterocycles. The molecule has 0 aromatic carbocycles. The first-order chi connectivity index (χ1) is 42.6. The maximum Gasteiger partial charge on any atom is 0.364 e. The minimum atomic E-state index is -3.20. The fourth-order valence-corrected chi connectivity index (χ4v) is 11.7. The van der Waals surface area contributed by atoms with Gasteiger partial charge in [0.05, 0.1) is 76.1 Å². The highest BCUT2D eigenvalue weighted by molar-refractivity contribution is 5.78. The standard InChI is InChI=1S/C51H84N4O36/c1-14-27(52-15(2)61)40(87-47-38(76)44(34(72)24(11-59)84-47)91-51(49(79)80)7-20(66)29(54-17(4)63)42(89-51)32(70)22(68)9-57)35(73)26(82-14)13-81-45-30(55-18(5)64)36(74)39(25(12-60)85-45)86-46-37(75)43(33(71)23(10-58)83-46)90-50(48(77)78)6-19(65)28(53-16(3)62)41(88-50)31(69)21(67)8-56/h14,19-47,56-60,65-76H,6-13H2,1-5H3,(H,52,61)(H,53,62)(H,54,63)(H,55,64)(H,77,78)(H,79,80)/t14-,19?,20?,21-,22-,23?,24?,25?,26?,27?,28-,29-,30?,31-,32-,33+,34+,35+,36-,37?,38?,39-,40-,41?,42?,43+,44+,45-,46+,47+,50-,51+/m1/s1. The topological polar surface area (TPSA) is 636 Å². The summed E-state index contributed by atoms with van der Waals surface area (Å²) in [5.41, 5.74) is 0. The smallest absolute Gasteiger partial charge is 0.364 e. The molecule has 0 aromatic rings. The lowest BCUT2D eigenvalue weighted by molar-refractivity contribution is -0.383. The molecule has 6 fully saturated rings. The molecule has 0 bridgehead atoms. The Morgan fingerprint density at radius 2 is 0.824 bits per heavy atom. The zero-order valence-corrected chi connectivity index (χ0v) is 49.4. The number of nitrogens with one attached hydrogen (secondary N) is 4. The van der Waals surface area contributed by atoms with Crippen LogP contribution in [-0.4, -0.2) is 367 Å². The number of carbonyl (C=O) groups excluding carboxylic acids is 4. The molecule has 4 amide bonds. The van der Waals surface area contributed by atoms with Gasteiger partial charge < -0.3 is 170 Å². The number of carboxylic acid groups (broad SMARTS) is 2. The van der Waals surface area contributed by atoms with Crippen LogP contribution in [0.5, 0.6) is 0 Å². The minimum Gasteiger partial charge on any atom is -0.477 e. The third kappa shape index (κ3) is 16.9. The van der Waals surface area contributed by atoms with E-state index in [0.29, 0.717) is 0 Å². The monoisotopic (exact) mass is 1330 g/mol. The predicted molar refractivity (Wildman–Crippen MR) is 283 cm³/mol. The van der Waals surface area contributed by atoms with Crippen LogP contribution >= 0.6 is 0 Å². The van der Waals surface area contributed by atoms with E-state index in [9.17, 15) is 126 Å². The van der Waals surface area contributed by atoms with Gasteiger partial charge in [0.15, 0.2) is 18.9 Å². The van der Waals surface area contributed by atoms with E-state index in [1.807, 2.05) is 0 Å². The molecule has 0 saturated carbocycles. The molecule has 91 heavy (non-hydrogen) atoms. The maximum absolute atomic E-state index is 13.1. The van der Waals surface area contributed by atoms with Crippen molar-refractivity contribution in [2.24, 2.45) is 0 Å². The van der Waals surface area contributed by atoms with Gasteiger partial charge >= 0.3 is 11.9 Å². The molecule has 23 N–H and O–H groups in total. The molecule has 6 rings (SSSR count). The van der Waals surface area contributed by atoms with Gasteiger partial charge in [-0.3, -0.25) is 19.2 Å². The Balaban J connectivity index is 1.23. The van der Waals surface area contributed by atoms with Gasteiger partial charge in [0.25, 0.3) is 11.6 Å². The number of carbonyl (C=O) groups is 6. The van der Waals surface area contributed by atoms with Gasteiger partial charge in [0.1, 0.15) is 128 Å². The van der Waals surface area contributed by atoms with Gasteiger partial charge in [-0.2, -0.15) is 0 Å². The van der Waals surface area contributed by atoms with Crippen LogP contribution < -0.4 is 21.3 Å². The number of aliphatic hydroxyl groups is 17. The van der Waals surface area contributed by atoms with Gasteiger partial charge in [-0.05, 0) is 6.92 Å². The van der Waals surface area contributed by atoms with Crippen molar-refractivity contribution in [1.82, 2.24) is 21.3 Å². The quantitative estimate of drug-likeness (QED) is 0.0382. The zero-order chi connectivity index (χ0) is 68.0. The minimum absolute atomic E-state index is 0.749. The molecular weight excluding hydrogens is 1240 g/mol. The average molecular weight is 1330 g/mol. The number of hydrogen-bond donors (Lipinski definition) is 23. The number of aliphatic hydroxyl groups excluding tert-OH is 17. The third-order valence-electron chi connectivity index (χ3n) is 16.2. The number of amides is 4. The normalized spacial score (nSPS) is 43.5. The summed E-state index contributed by atoms with van der Waals surface area (Å²) < 4.78 is 64.0. The van der Waals surface area contributed by atoms with Crippen LogP contribution in [0.15, 0.2) is 0 Å². The maximum atomic E-state index is 13.1. The molecule has 0 spiro atoms. The van der Waals surface area contributed by atoms with E-state index in [2.05, 4.69) is 21.3 Å². The number of ether oxygens (including phenoxy) is 11. The molecule has 0 radical (unpaired) electrons. The second-order valence-corrected chi connectivity index (χ2v) is 22.9. The Kier molecular flexibility index (Phi) is 26.6. The summed E-state index contributed by atoms with van der Waals surface area (Å²) in [6, 6.07) is -6.53. The Hall–Kier alpha value is -4.30. The summed E-state index contributed by atoms with van der Waals surface area (Å²) in [6.07, 6.45) is -55.4. The molecule has 0 aliphatic carbocycles. The van der Waals surface area contributed by atoms with Crippen molar-refractivity contribution in [3.05, 3.63) is 0 Å². The van der Waals surface area contributed by atoms with E-state index >= 15 is 0 Å². The van der Waals surface area contributed by atoms with Crippen molar-refractivity contribution in [2.75, 3.05) is 39.6 Å². The second kappa shape index (κ2) is 32.0. The van der Waals surface area contributed by atoms with Crippen molar-refractivity contribution in [3.63, 3.8) is 0 Å². The van der Waals surface area contributed by atoms with E-state index in [1.165, 1.54) is 6.92 Å². The van der Waals surface area contributed by atoms with Crippen LogP contribution in [-0.2, 0) is 80.9 Å².